The highest BCUT2D eigenvalue weighted by molar-refractivity contribution is 9.08. The minimum atomic E-state index is -0.519. The van der Waals surface area contributed by atoms with Gasteiger partial charge in [-0.1, -0.05) is 46.3 Å². The standard InChI is InChI=1S/C13H9BrF2/c14-8-11-12(15)7-6-10(13(11)16)9-4-2-1-3-5-9/h1-7H,8H2. The van der Waals surface area contributed by atoms with E-state index in [1.807, 2.05) is 18.2 Å². The van der Waals surface area contributed by atoms with Gasteiger partial charge in [-0.25, -0.2) is 8.78 Å². The molecule has 0 unspecified atom stereocenters. The van der Waals surface area contributed by atoms with E-state index in [4.69, 9.17) is 0 Å². The van der Waals surface area contributed by atoms with Crippen molar-refractivity contribution in [3.05, 3.63) is 59.7 Å². The Kier molecular flexibility index (Phi) is 3.34. The summed E-state index contributed by atoms with van der Waals surface area (Å²) in [6, 6.07) is 11.9. The maximum Gasteiger partial charge on any atom is 0.137 e. The number of hydrogen-bond donors (Lipinski definition) is 0. The van der Waals surface area contributed by atoms with Crippen molar-refractivity contribution in [1.29, 1.82) is 0 Å². The van der Waals surface area contributed by atoms with Gasteiger partial charge in [0.25, 0.3) is 0 Å². The zero-order valence-electron chi connectivity index (χ0n) is 8.38. The summed E-state index contributed by atoms with van der Waals surface area (Å²) in [6.45, 7) is 0. The first-order valence-corrected chi connectivity index (χ1v) is 5.94. The zero-order valence-corrected chi connectivity index (χ0v) is 9.97. The lowest BCUT2D eigenvalue weighted by Crippen LogP contribution is -1.95. The summed E-state index contributed by atoms with van der Waals surface area (Å²) in [6.07, 6.45) is 0. The molecule has 2 rings (SSSR count). The lowest BCUT2D eigenvalue weighted by Gasteiger charge is -2.07. The van der Waals surface area contributed by atoms with Crippen LogP contribution < -0.4 is 0 Å². The molecule has 0 aliphatic carbocycles. The highest BCUT2D eigenvalue weighted by atomic mass is 79.9. The Balaban J connectivity index is 2.59. The van der Waals surface area contributed by atoms with E-state index in [0.29, 0.717) is 5.56 Å². The van der Waals surface area contributed by atoms with E-state index >= 15 is 0 Å². The van der Waals surface area contributed by atoms with Gasteiger partial charge in [0.1, 0.15) is 11.6 Å². The van der Waals surface area contributed by atoms with Gasteiger partial charge in [0.2, 0.25) is 0 Å². The highest BCUT2D eigenvalue weighted by Crippen LogP contribution is 2.27. The van der Waals surface area contributed by atoms with Crippen LogP contribution >= 0.6 is 15.9 Å². The van der Waals surface area contributed by atoms with Gasteiger partial charge in [0.15, 0.2) is 0 Å². The van der Waals surface area contributed by atoms with E-state index in [2.05, 4.69) is 15.9 Å². The van der Waals surface area contributed by atoms with Crippen LogP contribution in [-0.4, -0.2) is 0 Å². The molecule has 0 spiro atoms. The minimum Gasteiger partial charge on any atom is -0.207 e. The number of alkyl halides is 1. The predicted molar refractivity (Wildman–Crippen MR) is 64.4 cm³/mol. The van der Waals surface area contributed by atoms with Crippen LogP contribution in [0.3, 0.4) is 0 Å². The van der Waals surface area contributed by atoms with Crippen LogP contribution in [0.1, 0.15) is 5.56 Å². The molecule has 0 nitrogen and oxygen atoms in total. The molecule has 0 fully saturated rings. The minimum absolute atomic E-state index is 0.0707. The Hall–Kier alpha value is -1.22. The van der Waals surface area contributed by atoms with Crippen LogP contribution in [0.4, 0.5) is 8.78 Å². The molecule has 16 heavy (non-hydrogen) atoms. The Labute approximate surface area is 101 Å². The highest BCUT2D eigenvalue weighted by Gasteiger charge is 2.13. The van der Waals surface area contributed by atoms with Crippen molar-refractivity contribution in [2.45, 2.75) is 5.33 Å². The quantitative estimate of drug-likeness (QED) is 0.710. The van der Waals surface area contributed by atoms with Crippen LogP contribution in [0.25, 0.3) is 11.1 Å². The maximum atomic E-state index is 13.9. The summed E-state index contributed by atoms with van der Waals surface area (Å²) < 4.78 is 27.2. The molecule has 0 saturated carbocycles. The molecule has 2 aromatic rings. The van der Waals surface area contributed by atoms with Crippen LogP contribution in [-0.2, 0) is 5.33 Å². The average Bonchev–Trinajstić information content (AvgIpc) is 2.31. The summed E-state index contributed by atoms with van der Waals surface area (Å²) in [4.78, 5) is 0. The van der Waals surface area contributed by atoms with Gasteiger partial charge in [0, 0.05) is 16.5 Å². The molecule has 0 heterocycles. The van der Waals surface area contributed by atoms with Crippen molar-refractivity contribution < 1.29 is 8.78 Å². The van der Waals surface area contributed by atoms with Crippen LogP contribution in [0.5, 0.6) is 0 Å². The third kappa shape index (κ3) is 2.00. The summed E-state index contributed by atoms with van der Waals surface area (Å²) in [5, 5.41) is 0.172. The number of rotatable bonds is 2. The van der Waals surface area contributed by atoms with E-state index in [1.165, 1.54) is 12.1 Å². The second-order valence-electron chi connectivity index (χ2n) is 3.39. The van der Waals surface area contributed by atoms with Gasteiger partial charge in [0.05, 0.1) is 0 Å². The van der Waals surface area contributed by atoms with E-state index < -0.39 is 11.6 Å². The molecule has 82 valence electrons. The SMILES string of the molecule is Fc1ccc(-c2ccccc2)c(F)c1CBr. The second kappa shape index (κ2) is 4.74. The second-order valence-corrected chi connectivity index (χ2v) is 3.95. The number of hydrogen-bond acceptors (Lipinski definition) is 0. The first-order chi connectivity index (χ1) is 7.74. The van der Waals surface area contributed by atoms with Crippen molar-refractivity contribution in [2.24, 2.45) is 0 Å². The van der Waals surface area contributed by atoms with Crippen molar-refractivity contribution in [1.82, 2.24) is 0 Å². The van der Waals surface area contributed by atoms with Crippen LogP contribution in [0.2, 0.25) is 0 Å². The summed E-state index contributed by atoms with van der Waals surface area (Å²) in [7, 11) is 0. The molecule has 3 heteroatoms. The monoisotopic (exact) mass is 282 g/mol. The van der Waals surface area contributed by atoms with E-state index in [1.54, 1.807) is 12.1 Å². The molecule has 2 aromatic carbocycles. The van der Waals surface area contributed by atoms with Gasteiger partial charge in [-0.15, -0.1) is 0 Å². The topological polar surface area (TPSA) is 0 Å². The first kappa shape index (κ1) is 11.3. The van der Waals surface area contributed by atoms with Crippen molar-refractivity contribution >= 4 is 15.9 Å². The van der Waals surface area contributed by atoms with Crippen molar-refractivity contribution in [3.63, 3.8) is 0 Å². The molecule has 0 radical (unpaired) electrons. The molecule has 0 amide bonds. The summed E-state index contributed by atoms with van der Waals surface area (Å²) >= 11 is 3.09. The van der Waals surface area contributed by atoms with Crippen molar-refractivity contribution in [3.8, 4) is 11.1 Å². The zero-order chi connectivity index (χ0) is 11.5. The van der Waals surface area contributed by atoms with E-state index in [0.717, 1.165) is 5.56 Å². The normalized spacial score (nSPS) is 10.4. The molecule has 0 aliphatic heterocycles. The maximum absolute atomic E-state index is 13.9. The average molecular weight is 283 g/mol. The Bertz CT molecular complexity index is 495. The smallest absolute Gasteiger partial charge is 0.137 e. The molecule has 0 saturated heterocycles. The fourth-order valence-electron chi connectivity index (χ4n) is 1.56. The molecule has 0 aromatic heterocycles. The van der Waals surface area contributed by atoms with Crippen LogP contribution in [0.15, 0.2) is 42.5 Å². The van der Waals surface area contributed by atoms with Gasteiger partial charge in [-0.3, -0.25) is 0 Å². The lowest BCUT2D eigenvalue weighted by atomic mass is 10.0. The summed E-state index contributed by atoms with van der Waals surface area (Å²) in [5.74, 6) is -1.02. The molecular weight excluding hydrogens is 274 g/mol. The number of benzene rings is 2. The fraction of sp³-hybridized carbons (Fsp3) is 0.0769. The summed E-state index contributed by atoms with van der Waals surface area (Å²) in [5.41, 5.74) is 1.25. The van der Waals surface area contributed by atoms with E-state index in [9.17, 15) is 8.78 Å². The molecule has 0 atom stereocenters. The Morgan fingerprint density at radius 2 is 1.62 bits per heavy atom. The third-order valence-electron chi connectivity index (χ3n) is 2.40. The first-order valence-electron chi connectivity index (χ1n) is 4.82. The van der Waals surface area contributed by atoms with Gasteiger partial charge in [-0.2, -0.15) is 0 Å². The van der Waals surface area contributed by atoms with Gasteiger partial charge >= 0.3 is 0 Å². The molecule has 0 aliphatic rings. The Morgan fingerprint density at radius 3 is 2.25 bits per heavy atom. The molecule has 0 N–H and O–H groups in total. The van der Waals surface area contributed by atoms with Crippen molar-refractivity contribution in [2.75, 3.05) is 0 Å². The molecular formula is C13H9BrF2. The number of halogens is 3. The molecule has 0 bridgehead atoms. The fourth-order valence-corrected chi connectivity index (χ4v) is 2.07. The Morgan fingerprint density at radius 1 is 0.938 bits per heavy atom. The third-order valence-corrected chi connectivity index (χ3v) is 2.97. The lowest BCUT2D eigenvalue weighted by molar-refractivity contribution is 0.569. The van der Waals surface area contributed by atoms with Gasteiger partial charge in [-0.05, 0) is 17.7 Å². The van der Waals surface area contributed by atoms with E-state index in [-0.39, 0.29) is 10.9 Å². The van der Waals surface area contributed by atoms with Crippen LogP contribution in [0, 0.1) is 11.6 Å². The van der Waals surface area contributed by atoms with Gasteiger partial charge < -0.3 is 0 Å². The predicted octanol–water partition coefficient (Wildman–Crippen LogP) is 4.53. The largest absolute Gasteiger partial charge is 0.207 e.